The molecule has 2 rings (SSSR count). The number of nitrogens with one attached hydrogen (secondary N) is 1. The van der Waals surface area contributed by atoms with Crippen LogP contribution in [0.15, 0.2) is 18.3 Å². The van der Waals surface area contributed by atoms with Crippen LogP contribution in [0.3, 0.4) is 0 Å². The SMILES string of the molecule is CNc1ccc(N2CC(C(N)=O)CC2=O)cn1. The van der Waals surface area contributed by atoms with Crippen molar-refractivity contribution >= 4 is 23.3 Å². The topological polar surface area (TPSA) is 88.3 Å². The number of hydrogen-bond acceptors (Lipinski definition) is 4. The van der Waals surface area contributed by atoms with Crippen LogP contribution < -0.4 is 16.0 Å². The highest BCUT2D eigenvalue weighted by atomic mass is 16.2. The van der Waals surface area contributed by atoms with Gasteiger partial charge in [-0.3, -0.25) is 9.59 Å². The van der Waals surface area contributed by atoms with Gasteiger partial charge in [0.15, 0.2) is 0 Å². The predicted octanol–water partition coefficient (Wildman–Crippen LogP) is -0.0385. The van der Waals surface area contributed by atoms with Gasteiger partial charge in [-0.2, -0.15) is 0 Å². The van der Waals surface area contributed by atoms with Crippen LogP contribution in [0.25, 0.3) is 0 Å². The summed E-state index contributed by atoms with van der Waals surface area (Å²) in [6.45, 7) is 0.342. The molecule has 3 N–H and O–H groups in total. The Labute approximate surface area is 98.8 Å². The minimum absolute atomic E-state index is 0.0900. The van der Waals surface area contributed by atoms with Crippen LogP contribution in [-0.2, 0) is 9.59 Å². The maximum absolute atomic E-state index is 11.7. The number of nitrogens with zero attached hydrogens (tertiary/aromatic N) is 2. The first kappa shape index (κ1) is 11.4. The van der Waals surface area contributed by atoms with Crippen LogP contribution in [0.2, 0.25) is 0 Å². The van der Waals surface area contributed by atoms with E-state index >= 15 is 0 Å². The van der Waals surface area contributed by atoms with E-state index in [-0.39, 0.29) is 12.3 Å². The number of nitrogens with two attached hydrogens (primary N) is 1. The summed E-state index contributed by atoms with van der Waals surface area (Å²) in [6, 6.07) is 3.57. The Morgan fingerprint density at radius 3 is 2.82 bits per heavy atom. The second-order valence-corrected chi connectivity index (χ2v) is 3.96. The third kappa shape index (κ3) is 2.20. The van der Waals surface area contributed by atoms with Gasteiger partial charge in [-0.15, -0.1) is 0 Å². The quantitative estimate of drug-likeness (QED) is 0.768. The molecule has 1 unspecified atom stereocenters. The van der Waals surface area contributed by atoms with Gasteiger partial charge in [0, 0.05) is 20.0 Å². The molecule has 17 heavy (non-hydrogen) atoms. The molecule has 90 valence electrons. The summed E-state index contributed by atoms with van der Waals surface area (Å²) in [5.41, 5.74) is 5.89. The molecule has 1 saturated heterocycles. The van der Waals surface area contributed by atoms with E-state index in [2.05, 4.69) is 10.3 Å². The Bertz CT molecular complexity index is 443. The van der Waals surface area contributed by atoms with Crippen molar-refractivity contribution in [2.45, 2.75) is 6.42 Å². The lowest BCUT2D eigenvalue weighted by Crippen LogP contribution is -2.28. The van der Waals surface area contributed by atoms with Gasteiger partial charge in [-0.05, 0) is 12.1 Å². The fourth-order valence-electron chi connectivity index (χ4n) is 1.84. The van der Waals surface area contributed by atoms with E-state index in [0.29, 0.717) is 12.2 Å². The molecule has 1 fully saturated rings. The fraction of sp³-hybridized carbons (Fsp3) is 0.364. The highest BCUT2D eigenvalue weighted by Gasteiger charge is 2.33. The molecule has 0 aromatic carbocycles. The van der Waals surface area contributed by atoms with Gasteiger partial charge in [0.1, 0.15) is 5.82 Å². The van der Waals surface area contributed by atoms with Crippen LogP contribution in [-0.4, -0.2) is 30.4 Å². The zero-order chi connectivity index (χ0) is 12.4. The number of hydrogen-bond donors (Lipinski definition) is 2. The van der Waals surface area contributed by atoms with Gasteiger partial charge in [0.25, 0.3) is 0 Å². The summed E-state index contributed by atoms with van der Waals surface area (Å²) in [7, 11) is 1.77. The highest BCUT2D eigenvalue weighted by molar-refractivity contribution is 5.99. The van der Waals surface area contributed by atoms with Crippen LogP contribution in [0.1, 0.15) is 6.42 Å². The van der Waals surface area contributed by atoms with E-state index in [1.54, 1.807) is 30.3 Å². The van der Waals surface area contributed by atoms with Crippen molar-refractivity contribution in [3.8, 4) is 0 Å². The van der Waals surface area contributed by atoms with Crippen molar-refractivity contribution in [1.82, 2.24) is 4.98 Å². The van der Waals surface area contributed by atoms with Crippen LogP contribution in [0, 0.1) is 5.92 Å². The summed E-state index contributed by atoms with van der Waals surface area (Å²) in [5.74, 6) is -0.188. The largest absolute Gasteiger partial charge is 0.373 e. The monoisotopic (exact) mass is 234 g/mol. The van der Waals surface area contributed by atoms with Gasteiger partial charge in [-0.25, -0.2) is 4.98 Å². The molecule has 1 atom stereocenters. The number of aromatic nitrogens is 1. The third-order valence-electron chi connectivity index (χ3n) is 2.84. The molecule has 0 radical (unpaired) electrons. The van der Waals surface area contributed by atoms with Crippen molar-refractivity contribution in [3.63, 3.8) is 0 Å². The maximum Gasteiger partial charge on any atom is 0.227 e. The van der Waals surface area contributed by atoms with E-state index in [0.717, 1.165) is 5.82 Å². The lowest BCUT2D eigenvalue weighted by atomic mass is 10.1. The molecule has 0 bridgehead atoms. The maximum atomic E-state index is 11.7. The molecule has 0 saturated carbocycles. The number of carbonyl (C=O) groups is 2. The number of anilines is 2. The number of rotatable bonds is 3. The van der Waals surface area contributed by atoms with E-state index in [1.807, 2.05) is 0 Å². The van der Waals surface area contributed by atoms with Crippen molar-refractivity contribution in [3.05, 3.63) is 18.3 Å². The van der Waals surface area contributed by atoms with Gasteiger partial charge < -0.3 is 16.0 Å². The van der Waals surface area contributed by atoms with E-state index in [1.165, 1.54) is 0 Å². The molecule has 6 heteroatoms. The zero-order valence-electron chi connectivity index (χ0n) is 9.51. The third-order valence-corrected chi connectivity index (χ3v) is 2.84. The lowest BCUT2D eigenvalue weighted by molar-refractivity contribution is -0.123. The summed E-state index contributed by atoms with van der Waals surface area (Å²) in [5, 5.41) is 2.89. The van der Waals surface area contributed by atoms with Crippen LogP contribution >= 0.6 is 0 Å². The van der Waals surface area contributed by atoms with Crippen molar-refractivity contribution in [1.29, 1.82) is 0 Å². The zero-order valence-corrected chi connectivity index (χ0v) is 9.51. The summed E-state index contributed by atoms with van der Waals surface area (Å²) in [6.07, 6.45) is 1.79. The van der Waals surface area contributed by atoms with Crippen LogP contribution in [0.4, 0.5) is 11.5 Å². The van der Waals surface area contributed by atoms with E-state index in [4.69, 9.17) is 5.73 Å². The minimum atomic E-state index is -0.430. The summed E-state index contributed by atoms with van der Waals surface area (Å²) >= 11 is 0. The van der Waals surface area contributed by atoms with Crippen molar-refractivity contribution in [2.75, 3.05) is 23.8 Å². The van der Waals surface area contributed by atoms with Gasteiger partial charge in [0.05, 0.1) is 17.8 Å². The van der Waals surface area contributed by atoms with E-state index < -0.39 is 11.8 Å². The Morgan fingerprint density at radius 1 is 1.59 bits per heavy atom. The molecule has 6 nitrogen and oxygen atoms in total. The normalized spacial score (nSPS) is 19.5. The van der Waals surface area contributed by atoms with E-state index in [9.17, 15) is 9.59 Å². The molecule has 1 aliphatic heterocycles. The second kappa shape index (κ2) is 4.40. The second-order valence-electron chi connectivity index (χ2n) is 3.96. The molecular weight excluding hydrogens is 220 g/mol. The minimum Gasteiger partial charge on any atom is -0.373 e. The Morgan fingerprint density at radius 2 is 2.35 bits per heavy atom. The van der Waals surface area contributed by atoms with Crippen molar-refractivity contribution in [2.24, 2.45) is 11.7 Å². The fourth-order valence-corrected chi connectivity index (χ4v) is 1.84. The molecule has 1 aliphatic rings. The standard InChI is InChI=1S/C11H14N4O2/c1-13-9-3-2-8(5-14-9)15-6-7(11(12)17)4-10(15)16/h2-3,5,7H,4,6H2,1H3,(H2,12,17)(H,13,14). The first-order valence-electron chi connectivity index (χ1n) is 5.35. The van der Waals surface area contributed by atoms with Gasteiger partial charge >= 0.3 is 0 Å². The molecule has 0 aliphatic carbocycles. The Balaban J connectivity index is 2.17. The average molecular weight is 234 g/mol. The predicted molar refractivity (Wildman–Crippen MR) is 63.4 cm³/mol. The molecule has 2 amide bonds. The first-order chi connectivity index (χ1) is 8.11. The molecular formula is C11H14N4O2. The smallest absolute Gasteiger partial charge is 0.227 e. The number of amides is 2. The van der Waals surface area contributed by atoms with Gasteiger partial charge in [0.2, 0.25) is 11.8 Å². The highest BCUT2D eigenvalue weighted by Crippen LogP contribution is 2.24. The van der Waals surface area contributed by atoms with Crippen LogP contribution in [0.5, 0.6) is 0 Å². The summed E-state index contributed by atoms with van der Waals surface area (Å²) < 4.78 is 0. The average Bonchev–Trinajstić information content (AvgIpc) is 2.72. The Kier molecular flexibility index (Phi) is 2.95. The number of carbonyl (C=O) groups excluding carboxylic acids is 2. The lowest BCUT2D eigenvalue weighted by Gasteiger charge is -2.15. The Hall–Kier alpha value is -2.11. The van der Waals surface area contributed by atoms with Gasteiger partial charge in [-0.1, -0.05) is 0 Å². The number of primary amides is 1. The summed E-state index contributed by atoms with van der Waals surface area (Å²) in [4.78, 5) is 28.4. The molecule has 1 aromatic rings. The van der Waals surface area contributed by atoms with Crippen molar-refractivity contribution < 1.29 is 9.59 Å². The molecule has 0 spiro atoms. The first-order valence-corrected chi connectivity index (χ1v) is 5.35. The molecule has 2 heterocycles. The number of pyridine rings is 1. The molecule has 1 aromatic heterocycles.